The van der Waals surface area contributed by atoms with Crippen molar-refractivity contribution in [3.8, 4) is 5.75 Å². The van der Waals surface area contributed by atoms with Gasteiger partial charge in [-0.2, -0.15) is 0 Å². The lowest BCUT2D eigenvalue weighted by Crippen LogP contribution is -2.56. The Morgan fingerprint density at radius 2 is 1.90 bits per heavy atom. The van der Waals surface area contributed by atoms with E-state index < -0.39 is 0 Å². The minimum Gasteiger partial charge on any atom is -0.508 e. The fourth-order valence-corrected chi connectivity index (χ4v) is 5.85. The number of benzene rings is 2. The summed E-state index contributed by atoms with van der Waals surface area (Å²) >= 11 is 0. The third-order valence-electron chi connectivity index (χ3n) is 7.61. The van der Waals surface area contributed by atoms with Gasteiger partial charge in [-0.25, -0.2) is 0 Å². The minimum absolute atomic E-state index is 0.0243. The van der Waals surface area contributed by atoms with E-state index in [4.69, 9.17) is 0 Å². The van der Waals surface area contributed by atoms with Crippen molar-refractivity contribution in [2.75, 3.05) is 19.6 Å². The van der Waals surface area contributed by atoms with Gasteiger partial charge in [0.25, 0.3) is 5.91 Å². The second-order valence-electron chi connectivity index (χ2n) is 9.67. The molecule has 2 aromatic rings. The van der Waals surface area contributed by atoms with Crippen LogP contribution in [0.1, 0.15) is 54.4 Å². The van der Waals surface area contributed by atoms with Crippen molar-refractivity contribution in [1.29, 1.82) is 0 Å². The molecule has 3 unspecified atom stereocenters. The topological polar surface area (TPSA) is 52.6 Å². The lowest BCUT2D eigenvalue weighted by Gasteiger charge is -2.53. The van der Waals surface area contributed by atoms with E-state index in [9.17, 15) is 9.90 Å². The predicted molar refractivity (Wildman–Crippen MR) is 119 cm³/mol. The number of hydrogen-bond acceptors (Lipinski definition) is 3. The molecule has 1 saturated heterocycles. The lowest BCUT2D eigenvalue weighted by molar-refractivity contribution is 0.0403. The van der Waals surface area contributed by atoms with E-state index in [-0.39, 0.29) is 17.4 Å². The number of phenolic OH excluding ortho intramolecular Hbond substituents is 1. The van der Waals surface area contributed by atoms with Gasteiger partial charge in [0.1, 0.15) is 5.75 Å². The molecule has 0 spiro atoms. The maximum atomic E-state index is 12.8. The molecular weight excluding hydrogens is 372 g/mol. The molecule has 30 heavy (non-hydrogen) atoms. The van der Waals surface area contributed by atoms with Crippen LogP contribution in [0, 0.1) is 11.8 Å². The molecule has 0 radical (unpaired) electrons. The summed E-state index contributed by atoms with van der Waals surface area (Å²) in [5.74, 6) is 1.87. The van der Waals surface area contributed by atoms with Crippen molar-refractivity contribution in [3.05, 3.63) is 65.7 Å². The fraction of sp³-hybridized carbons (Fsp3) is 0.500. The Kier molecular flexibility index (Phi) is 5.28. The molecule has 1 heterocycles. The summed E-state index contributed by atoms with van der Waals surface area (Å²) in [6, 6.07) is 17.6. The van der Waals surface area contributed by atoms with Crippen molar-refractivity contribution in [1.82, 2.24) is 10.2 Å². The average molecular weight is 405 g/mol. The zero-order chi connectivity index (χ0) is 20.6. The van der Waals surface area contributed by atoms with Crippen LogP contribution in [-0.2, 0) is 5.41 Å². The van der Waals surface area contributed by atoms with Gasteiger partial charge in [-0.3, -0.25) is 4.79 Å². The van der Waals surface area contributed by atoms with Crippen molar-refractivity contribution in [2.24, 2.45) is 11.8 Å². The highest BCUT2D eigenvalue weighted by Gasteiger charge is 2.48. The molecule has 1 amide bonds. The van der Waals surface area contributed by atoms with E-state index in [1.54, 1.807) is 6.07 Å². The largest absolute Gasteiger partial charge is 0.508 e. The number of nitrogens with one attached hydrogen (secondary N) is 1. The average Bonchev–Trinajstić information content (AvgIpc) is 3.58. The zero-order valence-electron chi connectivity index (χ0n) is 17.6. The second-order valence-corrected chi connectivity index (χ2v) is 9.67. The quantitative estimate of drug-likeness (QED) is 0.779. The van der Waals surface area contributed by atoms with Crippen LogP contribution in [0.15, 0.2) is 54.6 Å². The molecule has 4 heteroatoms. The molecule has 3 aliphatic rings. The van der Waals surface area contributed by atoms with Crippen molar-refractivity contribution in [3.63, 3.8) is 0 Å². The van der Waals surface area contributed by atoms with E-state index in [1.807, 2.05) is 42.5 Å². The number of carbonyl (C=O) groups excluding carboxylic acids is 1. The van der Waals surface area contributed by atoms with E-state index in [2.05, 4.69) is 16.3 Å². The summed E-state index contributed by atoms with van der Waals surface area (Å²) in [4.78, 5) is 15.5. The smallest absolute Gasteiger partial charge is 0.251 e. The normalized spacial score (nSPS) is 29.2. The molecule has 2 aromatic carbocycles. The number of carbonyl (C=O) groups is 1. The van der Waals surface area contributed by atoms with Gasteiger partial charge >= 0.3 is 0 Å². The molecule has 3 fully saturated rings. The molecule has 5 rings (SSSR count). The van der Waals surface area contributed by atoms with Crippen LogP contribution in [0.2, 0.25) is 0 Å². The summed E-state index contributed by atoms with van der Waals surface area (Å²) in [6.07, 6.45) is 7.00. The fourth-order valence-electron chi connectivity index (χ4n) is 5.85. The summed E-state index contributed by atoms with van der Waals surface area (Å²) in [7, 11) is 0. The maximum absolute atomic E-state index is 12.8. The summed E-state index contributed by atoms with van der Waals surface area (Å²) in [6.45, 7) is 3.51. The molecule has 0 aromatic heterocycles. The summed E-state index contributed by atoms with van der Waals surface area (Å²) in [5.41, 5.74) is 2.01. The van der Waals surface area contributed by atoms with Gasteiger partial charge in [0, 0.05) is 30.1 Å². The van der Waals surface area contributed by atoms with E-state index in [1.165, 1.54) is 24.9 Å². The van der Waals surface area contributed by atoms with E-state index in [0.29, 0.717) is 11.7 Å². The highest BCUT2D eigenvalue weighted by molar-refractivity contribution is 5.94. The summed E-state index contributed by atoms with van der Waals surface area (Å²) in [5, 5.41) is 13.5. The van der Waals surface area contributed by atoms with Gasteiger partial charge in [-0.15, -0.1) is 0 Å². The Labute approximate surface area is 179 Å². The van der Waals surface area contributed by atoms with Crippen LogP contribution in [-0.4, -0.2) is 41.6 Å². The van der Waals surface area contributed by atoms with Crippen LogP contribution in [0.3, 0.4) is 0 Å². The van der Waals surface area contributed by atoms with E-state index in [0.717, 1.165) is 50.3 Å². The third-order valence-corrected chi connectivity index (χ3v) is 7.61. The second kappa shape index (κ2) is 8.07. The number of hydrogen-bond donors (Lipinski definition) is 2. The van der Waals surface area contributed by atoms with Crippen LogP contribution in [0.4, 0.5) is 0 Å². The maximum Gasteiger partial charge on any atom is 0.251 e. The Hall–Kier alpha value is -2.33. The van der Waals surface area contributed by atoms with Gasteiger partial charge in [-0.05, 0) is 86.7 Å². The van der Waals surface area contributed by atoms with Crippen molar-refractivity contribution < 1.29 is 9.90 Å². The molecule has 3 atom stereocenters. The number of nitrogens with zero attached hydrogens (tertiary/aromatic N) is 1. The SMILES string of the molecule is O=C(NC1CCC2CN(CC3CC3)CCC2(c2cccc(O)c2)C1)c1ccccc1. The molecule has 0 bridgehead atoms. The Morgan fingerprint density at radius 1 is 1.07 bits per heavy atom. The zero-order valence-corrected chi connectivity index (χ0v) is 17.6. The van der Waals surface area contributed by atoms with Crippen LogP contribution >= 0.6 is 0 Å². The molecule has 2 saturated carbocycles. The highest BCUT2D eigenvalue weighted by Crippen LogP contribution is 2.50. The molecule has 1 aliphatic heterocycles. The summed E-state index contributed by atoms with van der Waals surface area (Å²) < 4.78 is 0. The van der Waals surface area contributed by atoms with Crippen LogP contribution in [0.25, 0.3) is 0 Å². The third kappa shape index (κ3) is 3.98. The first-order valence-corrected chi connectivity index (χ1v) is 11.5. The number of rotatable bonds is 5. The van der Waals surface area contributed by atoms with Gasteiger partial charge in [0.05, 0.1) is 0 Å². The number of fused-ring (bicyclic) bond motifs is 1. The van der Waals surface area contributed by atoms with Gasteiger partial charge in [0.15, 0.2) is 0 Å². The number of likely N-dealkylation sites (tertiary alicyclic amines) is 1. The highest BCUT2D eigenvalue weighted by atomic mass is 16.3. The Balaban J connectivity index is 1.37. The predicted octanol–water partition coefficient (Wildman–Crippen LogP) is 4.34. The number of aromatic hydroxyl groups is 1. The first-order valence-electron chi connectivity index (χ1n) is 11.5. The van der Waals surface area contributed by atoms with Crippen molar-refractivity contribution in [2.45, 2.75) is 50.0 Å². The minimum atomic E-state index is 0.0243. The van der Waals surface area contributed by atoms with Gasteiger partial charge in [0.2, 0.25) is 0 Å². The lowest BCUT2D eigenvalue weighted by atomic mass is 9.58. The van der Waals surface area contributed by atoms with E-state index >= 15 is 0 Å². The Bertz CT molecular complexity index is 895. The first kappa shape index (κ1) is 19.6. The molecule has 2 N–H and O–H groups in total. The van der Waals surface area contributed by atoms with Gasteiger partial charge < -0.3 is 15.3 Å². The van der Waals surface area contributed by atoms with Gasteiger partial charge in [-0.1, -0.05) is 30.3 Å². The van der Waals surface area contributed by atoms with Crippen LogP contribution in [0.5, 0.6) is 5.75 Å². The molecule has 158 valence electrons. The van der Waals surface area contributed by atoms with Crippen molar-refractivity contribution >= 4 is 5.91 Å². The Morgan fingerprint density at radius 3 is 2.67 bits per heavy atom. The number of phenols is 1. The molecule has 2 aliphatic carbocycles. The standard InChI is InChI=1S/C26H32N2O2/c29-24-8-4-7-21(15-24)26-13-14-28(17-19-9-10-19)18-22(26)11-12-23(16-26)27-25(30)20-5-2-1-3-6-20/h1-8,15,19,22-23,29H,9-14,16-18H2,(H,27,30). The van der Waals surface area contributed by atoms with Crippen LogP contribution < -0.4 is 5.32 Å². The number of piperidine rings is 1. The molecular formula is C26H32N2O2. The number of amides is 1. The monoisotopic (exact) mass is 404 g/mol. The molecule has 4 nitrogen and oxygen atoms in total. The first-order chi connectivity index (χ1) is 14.6.